The maximum atomic E-state index is 16.3. The molecule has 368 valence electrons. The number of cyclic esters (lactones) is 1. The monoisotopic (exact) mass is 927 g/mol. The van der Waals surface area contributed by atoms with Gasteiger partial charge < -0.3 is 49.6 Å². The molecule has 0 spiro atoms. The van der Waals surface area contributed by atoms with Gasteiger partial charge in [-0.1, -0.05) is 64.1 Å². The average Bonchev–Trinajstić information content (AvgIpc) is 3.31. The average molecular weight is 927 g/mol. The number of aliphatic hydroxyl groups is 2. The summed E-state index contributed by atoms with van der Waals surface area (Å²) in [7, 11) is 2.88. The lowest BCUT2D eigenvalue weighted by molar-refractivity contribution is -0.302. The van der Waals surface area contributed by atoms with Crippen LogP contribution < -0.4 is 5.73 Å². The van der Waals surface area contributed by atoms with Gasteiger partial charge in [-0.3, -0.25) is 14.4 Å². The number of rotatable bonds is 9. The number of allylic oxidation sites excluding steroid dienone is 3. The van der Waals surface area contributed by atoms with Crippen LogP contribution in [0.1, 0.15) is 111 Å². The van der Waals surface area contributed by atoms with Crippen molar-refractivity contribution in [2.45, 2.75) is 166 Å². The first kappa shape index (κ1) is 53.1. The number of amides is 1. The van der Waals surface area contributed by atoms with Crippen molar-refractivity contribution in [2.75, 3.05) is 27.4 Å². The molecule has 1 aromatic carbocycles. The summed E-state index contributed by atoms with van der Waals surface area (Å²) < 4.78 is 46.6. The minimum atomic E-state index is -2.62. The first-order chi connectivity index (χ1) is 31.3. The highest BCUT2D eigenvalue weighted by molar-refractivity contribution is 6.39. The molecule has 5 N–H and O–H groups in total. The summed E-state index contributed by atoms with van der Waals surface area (Å²) in [6.45, 7) is 10.6. The fraction of sp³-hybridized carbons (Fsp3) is 0.686. The number of hydrogen-bond donors (Lipinski definition) is 4. The van der Waals surface area contributed by atoms with Crippen LogP contribution in [-0.2, 0) is 42.9 Å². The molecule has 3 heterocycles. The third kappa shape index (κ3) is 12.8. The zero-order chi connectivity index (χ0) is 48.5. The van der Waals surface area contributed by atoms with Crippen molar-refractivity contribution in [3.8, 4) is 5.75 Å². The van der Waals surface area contributed by atoms with Crippen LogP contribution in [0.25, 0.3) is 6.08 Å². The number of aromatic hydroxyl groups is 1. The van der Waals surface area contributed by atoms with E-state index in [2.05, 4.69) is 0 Å². The number of methoxy groups -OCH3 is 2. The standard InChI is InChI=1S/C51H75FN2O12/c1-9-36-24-29(2)45(52)30(3)25-43(62-7)47-44(63-8)26-32(5)51(61,66-47)48(58)49(59)54-21-11-10-14-39(54)50(60)65-46(33(6)40(56)28-41(36)57)31(4)23-35-17-20-38(53)42(27-35)64-22-12-13-34-15-18-37(55)19-16-34/h12-13,15-16,18-19,23-24,30,32-33,35-36,38-40,42-47,55-56,61H,9-11,14,17,20-22,25-28,53H2,1-8H3. The Bertz CT molecular complexity index is 1910. The molecule has 14 nitrogen and oxygen atoms in total. The number of hydrogen-bond acceptors (Lipinski definition) is 13. The fourth-order valence-corrected chi connectivity index (χ4v) is 10.2. The Morgan fingerprint density at radius 3 is 2.33 bits per heavy atom. The van der Waals surface area contributed by atoms with Gasteiger partial charge in [0.25, 0.3) is 11.7 Å². The molecule has 1 amide bonds. The van der Waals surface area contributed by atoms with E-state index in [0.29, 0.717) is 49.9 Å². The van der Waals surface area contributed by atoms with Crippen molar-refractivity contribution < 1.29 is 62.6 Å². The maximum absolute atomic E-state index is 16.3. The number of Topliss-reactive ketones (excluding diaryl/α,β-unsaturated/α-hetero) is 2. The number of ether oxygens (including phenoxy) is 5. The predicted octanol–water partition coefficient (Wildman–Crippen LogP) is 6.18. The molecule has 2 bridgehead atoms. The van der Waals surface area contributed by atoms with Crippen molar-refractivity contribution in [3.63, 3.8) is 0 Å². The Hall–Kier alpha value is -3.83. The quantitative estimate of drug-likeness (QED) is 0.124. The normalized spacial score (nSPS) is 37.5. The molecule has 15 heteroatoms. The van der Waals surface area contributed by atoms with Gasteiger partial charge in [-0.25, -0.2) is 9.18 Å². The molecular weight excluding hydrogens is 852 g/mol. The molecule has 1 aromatic rings. The van der Waals surface area contributed by atoms with Crippen molar-refractivity contribution in [1.29, 1.82) is 0 Å². The zero-order valence-corrected chi connectivity index (χ0v) is 40.1. The molecule has 66 heavy (non-hydrogen) atoms. The molecule has 1 saturated carbocycles. The van der Waals surface area contributed by atoms with Crippen LogP contribution >= 0.6 is 0 Å². The lowest BCUT2D eigenvalue weighted by atomic mass is 9.81. The number of esters is 1. The van der Waals surface area contributed by atoms with Crippen LogP contribution in [0, 0.1) is 29.6 Å². The molecule has 1 aliphatic carbocycles. The van der Waals surface area contributed by atoms with Crippen LogP contribution in [-0.4, -0.2) is 132 Å². The number of nitrogens with two attached hydrogens (primary N) is 1. The summed E-state index contributed by atoms with van der Waals surface area (Å²) in [6.07, 6.45) is 4.12. The van der Waals surface area contributed by atoms with Crippen LogP contribution in [0.15, 0.2) is 53.6 Å². The second-order valence-electron chi connectivity index (χ2n) is 19.3. The SMILES string of the molecule is CCC1C=C(C)C(F)C(C)CC(OC)C2OC(O)(C(=O)C(=O)N3CCCCC3C(=O)OC(C(C)=CC3CCC(N)C(OCC=Cc4ccc(O)cc4)C3)C(C)C(O)CC1=O)C(C)CC2OC. The summed E-state index contributed by atoms with van der Waals surface area (Å²) in [5, 5.41) is 33.5. The van der Waals surface area contributed by atoms with E-state index in [1.807, 2.05) is 25.2 Å². The number of ketones is 2. The van der Waals surface area contributed by atoms with Crippen molar-refractivity contribution in [3.05, 3.63) is 59.2 Å². The van der Waals surface area contributed by atoms with E-state index in [0.717, 1.165) is 16.9 Å². The number of phenols is 1. The lowest BCUT2D eigenvalue weighted by Gasteiger charge is -2.47. The Labute approximate surface area is 390 Å². The summed E-state index contributed by atoms with van der Waals surface area (Å²) in [4.78, 5) is 58.2. The van der Waals surface area contributed by atoms with Gasteiger partial charge in [0, 0.05) is 51.0 Å². The van der Waals surface area contributed by atoms with Gasteiger partial charge >= 0.3 is 5.97 Å². The third-order valence-corrected chi connectivity index (χ3v) is 14.5. The molecule has 3 aliphatic heterocycles. The molecule has 4 aliphatic rings. The van der Waals surface area contributed by atoms with E-state index in [9.17, 15) is 34.5 Å². The molecule has 15 atom stereocenters. The summed E-state index contributed by atoms with van der Waals surface area (Å²) in [5.41, 5.74) is 8.39. The van der Waals surface area contributed by atoms with Crippen molar-refractivity contribution in [1.82, 2.24) is 4.90 Å². The summed E-state index contributed by atoms with van der Waals surface area (Å²) >= 11 is 0. The van der Waals surface area contributed by atoms with Gasteiger partial charge in [0.2, 0.25) is 5.79 Å². The molecule has 0 radical (unpaired) electrons. The van der Waals surface area contributed by atoms with Crippen LogP contribution in [0.2, 0.25) is 0 Å². The molecule has 0 aromatic heterocycles. The summed E-state index contributed by atoms with van der Waals surface area (Å²) in [5.74, 6) is -9.00. The van der Waals surface area contributed by atoms with Crippen LogP contribution in [0.3, 0.4) is 0 Å². The second kappa shape index (κ2) is 23.9. The molecule has 15 unspecified atom stereocenters. The highest BCUT2D eigenvalue weighted by atomic mass is 19.1. The number of carbonyl (C=O) groups excluding carboxylic acids is 4. The molecule has 3 fully saturated rings. The van der Waals surface area contributed by atoms with Gasteiger partial charge in [-0.05, 0) is 112 Å². The van der Waals surface area contributed by atoms with E-state index in [-0.39, 0.29) is 61.8 Å². The molecule has 5 rings (SSSR count). The van der Waals surface area contributed by atoms with Crippen LogP contribution in [0.5, 0.6) is 5.75 Å². The minimum Gasteiger partial charge on any atom is -0.508 e. The number of fused-ring (bicyclic) bond motifs is 3. The topological polar surface area (TPSA) is 204 Å². The third-order valence-electron chi connectivity index (χ3n) is 14.5. The number of nitrogens with zero attached hydrogens (tertiary/aromatic N) is 1. The number of benzene rings is 1. The van der Waals surface area contributed by atoms with E-state index in [1.54, 1.807) is 65.0 Å². The van der Waals surface area contributed by atoms with Crippen LogP contribution in [0.4, 0.5) is 4.39 Å². The molecular formula is C51H75FN2O12. The molecule has 2 saturated heterocycles. The number of alkyl halides is 1. The van der Waals surface area contributed by atoms with Gasteiger partial charge in [-0.2, -0.15) is 0 Å². The number of halogens is 1. The van der Waals surface area contributed by atoms with Crippen molar-refractivity contribution in [2.24, 2.45) is 35.3 Å². The van der Waals surface area contributed by atoms with Gasteiger partial charge in [-0.15, -0.1) is 0 Å². The Morgan fingerprint density at radius 2 is 1.67 bits per heavy atom. The smallest absolute Gasteiger partial charge is 0.329 e. The Morgan fingerprint density at radius 1 is 0.985 bits per heavy atom. The highest BCUT2D eigenvalue weighted by Gasteiger charge is 2.57. The summed E-state index contributed by atoms with van der Waals surface area (Å²) in [6, 6.07) is 5.41. The Balaban J connectivity index is 1.47. The van der Waals surface area contributed by atoms with Gasteiger partial charge in [0.05, 0.1) is 31.0 Å². The van der Waals surface area contributed by atoms with E-state index in [4.69, 9.17) is 29.4 Å². The number of aliphatic hydroxyl groups excluding tert-OH is 1. The maximum Gasteiger partial charge on any atom is 0.329 e. The largest absolute Gasteiger partial charge is 0.508 e. The van der Waals surface area contributed by atoms with Gasteiger partial charge in [0.15, 0.2) is 0 Å². The van der Waals surface area contributed by atoms with E-state index in [1.165, 1.54) is 14.2 Å². The fourth-order valence-electron chi connectivity index (χ4n) is 10.2. The predicted molar refractivity (Wildman–Crippen MR) is 246 cm³/mol. The zero-order valence-electron chi connectivity index (χ0n) is 40.1. The van der Waals surface area contributed by atoms with Gasteiger partial charge in [0.1, 0.15) is 36.0 Å². The first-order valence-corrected chi connectivity index (χ1v) is 23.9. The lowest BCUT2D eigenvalue weighted by Crippen LogP contribution is -2.64. The second-order valence-corrected chi connectivity index (χ2v) is 19.3. The van der Waals surface area contributed by atoms with Crippen molar-refractivity contribution >= 4 is 29.5 Å². The number of carbonyl (C=O) groups is 4. The minimum absolute atomic E-state index is 0.0397. The number of phenolic OH excluding ortho intramolecular Hbond substituents is 1. The first-order valence-electron chi connectivity index (χ1n) is 23.9. The van der Waals surface area contributed by atoms with E-state index < -0.39 is 89.9 Å². The van der Waals surface area contributed by atoms with E-state index >= 15 is 4.39 Å². The number of piperidine rings is 1. The highest BCUT2D eigenvalue weighted by Crippen LogP contribution is 2.39. The Kier molecular flexibility index (Phi) is 19.3.